The van der Waals surface area contributed by atoms with Gasteiger partial charge in [-0.2, -0.15) is 0 Å². The van der Waals surface area contributed by atoms with E-state index in [1.807, 2.05) is 0 Å². The quantitative estimate of drug-likeness (QED) is 0.0264. The van der Waals surface area contributed by atoms with Gasteiger partial charge in [-0.1, -0.05) is 201 Å². The van der Waals surface area contributed by atoms with Crippen molar-refractivity contribution in [2.75, 3.05) is 13.2 Å². The fourth-order valence-electron chi connectivity index (χ4n) is 6.22. The van der Waals surface area contributed by atoms with Crippen molar-refractivity contribution >= 4 is 17.9 Å². The van der Waals surface area contributed by atoms with Crippen LogP contribution in [0.25, 0.3) is 0 Å². The lowest BCUT2D eigenvalue weighted by Crippen LogP contribution is -2.30. The lowest BCUT2D eigenvalue weighted by atomic mass is 10.1. The van der Waals surface area contributed by atoms with Gasteiger partial charge in [0.25, 0.3) is 0 Å². The Morgan fingerprint density at radius 2 is 0.650 bits per heavy atom. The Morgan fingerprint density at radius 1 is 0.350 bits per heavy atom. The molecule has 6 nitrogen and oxygen atoms in total. The molecule has 0 bridgehead atoms. The Balaban J connectivity index is 4.21. The summed E-state index contributed by atoms with van der Waals surface area (Å²) in [6.07, 6.45) is 62.9. The second-order valence-electron chi connectivity index (χ2n) is 15.6. The van der Waals surface area contributed by atoms with E-state index in [0.717, 1.165) is 116 Å². The molecule has 0 radical (unpaired) electrons. The first-order valence-corrected chi connectivity index (χ1v) is 24.2. The van der Waals surface area contributed by atoms with Crippen LogP contribution in [-0.4, -0.2) is 37.2 Å². The molecule has 340 valence electrons. The summed E-state index contributed by atoms with van der Waals surface area (Å²) < 4.78 is 16.5. The molecule has 0 aromatic rings. The third-order valence-corrected chi connectivity index (χ3v) is 9.85. The first-order chi connectivity index (χ1) is 29.5. The van der Waals surface area contributed by atoms with E-state index in [1.54, 1.807) is 0 Å². The van der Waals surface area contributed by atoms with Gasteiger partial charge in [-0.05, 0) is 83.5 Å². The van der Waals surface area contributed by atoms with Gasteiger partial charge < -0.3 is 14.2 Å². The second kappa shape index (κ2) is 48.0. The minimum Gasteiger partial charge on any atom is -0.462 e. The highest BCUT2D eigenvalue weighted by atomic mass is 16.6. The first kappa shape index (κ1) is 56.3. The van der Waals surface area contributed by atoms with Crippen LogP contribution in [0.5, 0.6) is 0 Å². The zero-order valence-electron chi connectivity index (χ0n) is 38.7. The van der Waals surface area contributed by atoms with Gasteiger partial charge in [0.05, 0.1) is 0 Å². The Bertz CT molecular complexity index is 1230. The minimum absolute atomic E-state index is 0.0918. The molecule has 0 aliphatic heterocycles. The Hall–Kier alpha value is -3.67. The van der Waals surface area contributed by atoms with Gasteiger partial charge in [0.2, 0.25) is 0 Å². The van der Waals surface area contributed by atoms with Crippen LogP contribution in [0.4, 0.5) is 0 Å². The fraction of sp³-hybridized carbons (Fsp3) is 0.648. The molecule has 6 heteroatoms. The molecular formula is C54H88O6. The molecule has 0 saturated heterocycles. The molecule has 0 amide bonds. The lowest BCUT2D eigenvalue weighted by molar-refractivity contribution is -0.167. The summed E-state index contributed by atoms with van der Waals surface area (Å²) in [5.41, 5.74) is 0. The van der Waals surface area contributed by atoms with Crippen molar-refractivity contribution in [3.05, 3.63) is 97.2 Å². The molecule has 0 spiro atoms. The van der Waals surface area contributed by atoms with Crippen LogP contribution in [0.1, 0.15) is 207 Å². The van der Waals surface area contributed by atoms with E-state index in [2.05, 4.69) is 118 Å². The Labute approximate surface area is 368 Å². The second-order valence-corrected chi connectivity index (χ2v) is 15.6. The van der Waals surface area contributed by atoms with Crippen molar-refractivity contribution in [1.82, 2.24) is 0 Å². The van der Waals surface area contributed by atoms with Gasteiger partial charge >= 0.3 is 17.9 Å². The topological polar surface area (TPSA) is 78.9 Å². The van der Waals surface area contributed by atoms with Gasteiger partial charge in [-0.15, -0.1) is 0 Å². The zero-order valence-corrected chi connectivity index (χ0v) is 38.7. The van der Waals surface area contributed by atoms with Crippen LogP contribution in [0.15, 0.2) is 97.2 Å². The van der Waals surface area contributed by atoms with E-state index < -0.39 is 6.10 Å². The lowest BCUT2D eigenvalue weighted by Gasteiger charge is -2.18. The summed E-state index contributed by atoms with van der Waals surface area (Å²) in [7, 11) is 0. The highest BCUT2D eigenvalue weighted by Gasteiger charge is 2.19. The van der Waals surface area contributed by atoms with E-state index >= 15 is 0 Å². The van der Waals surface area contributed by atoms with Crippen LogP contribution in [0.3, 0.4) is 0 Å². The summed E-state index contributed by atoms with van der Waals surface area (Å²) in [5.74, 6) is -0.960. The summed E-state index contributed by atoms with van der Waals surface area (Å²) >= 11 is 0. The van der Waals surface area contributed by atoms with E-state index in [4.69, 9.17) is 14.2 Å². The molecule has 0 N–H and O–H groups in total. The SMILES string of the molecule is CC/C=C\C/C=C\C/C=C\C/C=C\C/C=C\C/C=C\C/C=C\C/C=C\CCCCC(=O)OCC(COC(=O)CCCCCCC)OC(=O)CCCCCCCCCCCC. The molecule has 0 aromatic heterocycles. The van der Waals surface area contributed by atoms with E-state index in [9.17, 15) is 14.4 Å². The highest BCUT2D eigenvalue weighted by molar-refractivity contribution is 5.71. The van der Waals surface area contributed by atoms with Crippen molar-refractivity contribution in [3.63, 3.8) is 0 Å². The number of carbonyl (C=O) groups excluding carboxylic acids is 3. The van der Waals surface area contributed by atoms with E-state index in [0.29, 0.717) is 19.3 Å². The van der Waals surface area contributed by atoms with E-state index in [-0.39, 0.29) is 31.1 Å². The molecule has 0 heterocycles. The van der Waals surface area contributed by atoms with Crippen molar-refractivity contribution in [3.8, 4) is 0 Å². The summed E-state index contributed by atoms with van der Waals surface area (Å²) in [4.78, 5) is 37.5. The normalized spacial score (nSPS) is 12.9. The van der Waals surface area contributed by atoms with Crippen LogP contribution in [0, 0.1) is 0 Å². The average Bonchev–Trinajstić information content (AvgIpc) is 3.24. The molecule has 1 unspecified atom stereocenters. The smallest absolute Gasteiger partial charge is 0.306 e. The third-order valence-electron chi connectivity index (χ3n) is 9.85. The van der Waals surface area contributed by atoms with Gasteiger partial charge in [0.1, 0.15) is 13.2 Å². The van der Waals surface area contributed by atoms with Crippen molar-refractivity contribution in [2.24, 2.45) is 0 Å². The molecular weight excluding hydrogens is 745 g/mol. The minimum atomic E-state index is -0.788. The molecule has 0 fully saturated rings. The van der Waals surface area contributed by atoms with Crippen LogP contribution >= 0.6 is 0 Å². The molecule has 0 aliphatic carbocycles. The van der Waals surface area contributed by atoms with Gasteiger partial charge in [-0.3, -0.25) is 14.4 Å². The number of carbonyl (C=O) groups is 3. The average molecular weight is 833 g/mol. The number of hydrogen-bond donors (Lipinski definition) is 0. The molecule has 0 rings (SSSR count). The summed E-state index contributed by atoms with van der Waals surface area (Å²) in [6.45, 7) is 6.36. The van der Waals surface area contributed by atoms with Gasteiger partial charge in [0.15, 0.2) is 6.10 Å². The van der Waals surface area contributed by atoms with Crippen LogP contribution < -0.4 is 0 Å². The Morgan fingerprint density at radius 3 is 1.02 bits per heavy atom. The number of allylic oxidation sites excluding steroid dienone is 16. The van der Waals surface area contributed by atoms with Crippen LogP contribution in [-0.2, 0) is 28.6 Å². The van der Waals surface area contributed by atoms with Crippen molar-refractivity contribution in [2.45, 2.75) is 213 Å². The van der Waals surface area contributed by atoms with Crippen molar-refractivity contribution in [1.29, 1.82) is 0 Å². The fourth-order valence-corrected chi connectivity index (χ4v) is 6.22. The third kappa shape index (κ3) is 45.4. The largest absolute Gasteiger partial charge is 0.462 e. The van der Waals surface area contributed by atoms with Crippen LogP contribution in [0.2, 0.25) is 0 Å². The number of unbranched alkanes of at least 4 members (excludes halogenated alkanes) is 15. The number of hydrogen-bond acceptors (Lipinski definition) is 6. The molecule has 1 atom stereocenters. The highest BCUT2D eigenvalue weighted by Crippen LogP contribution is 2.13. The number of esters is 3. The Kier molecular flexibility index (Phi) is 45.1. The maximum absolute atomic E-state index is 12.6. The number of rotatable bonds is 42. The van der Waals surface area contributed by atoms with Crippen molar-refractivity contribution < 1.29 is 28.6 Å². The standard InChI is InChI=1S/C54H88O6/c1-4-7-10-13-15-17-19-20-21-22-23-24-25-26-27-28-29-30-31-32-33-34-35-37-38-41-44-47-53(56)59-50-51(49-58-52(55)46-43-40-12-9-6-3)60-54(57)48-45-42-39-36-18-16-14-11-8-5-2/h7,10,15,17,20-21,23-24,26-27,29-30,32-33,35,37,51H,4-6,8-9,11-14,16,18-19,22,25,28,31,34,36,38-50H2,1-3H3/b10-7-,17-15-,21-20-,24-23-,27-26-,30-29-,33-32-,37-35-. The van der Waals surface area contributed by atoms with Gasteiger partial charge in [0, 0.05) is 19.3 Å². The maximum Gasteiger partial charge on any atom is 0.306 e. The zero-order chi connectivity index (χ0) is 43.7. The molecule has 0 aliphatic rings. The van der Waals surface area contributed by atoms with E-state index in [1.165, 1.54) is 51.4 Å². The maximum atomic E-state index is 12.6. The first-order valence-electron chi connectivity index (χ1n) is 24.2. The summed E-state index contributed by atoms with van der Waals surface area (Å²) in [5, 5.41) is 0. The predicted molar refractivity (Wildman–Crippen MR) is 256 cm³/mol. The monoisotopic (exact) mass is 833 g/mol. The number of ether oxygens (including phenoxy) is 3. The summed E-state index contributed by atoms with van der Waals surface area (Å²) in [6, 6.07) is 0. The molecule has 0 saturated carbocycles. The van der Waals surface area contributed by atoms with Gasteiger partial charge in [-0.25, -0.2) is 0 Å². The molecule has 60 heavy (non-hydrogen) atoms. The predicted octanol–water partition coefficient (Wildman–Crippen LogP) is 15.8. The molecule has 0 aromatic carbocycles.